The van der Waals surface area contributed by atoms with E-state index in [4.69, 9.17) is 23.2 Å². The number of Topliss-reactive ketones (excluding diaryl/α,β-unsaturated/α-hetero) is 1. The second-order valence-electron chi connectivity index (χ2n) is 2.93. The first kappa shape index (κ1) is 9.50. The summed E-state index contributed by atoms with van der Waals surface area (Å²) in [6, 6.07) is 1.74. The molecule has 0 amide bonds. The summed E-state index contributed by atoms with van der Waals surface area (Å²) in [5.74, 6) is 0.0863. The van der Waals surface area contributed by atoms with Crippen molar-refractivity contribution in [2.24, 2.45) is 0 Å². The Morgan fingerprint density at radius 1 is 1.31 bits per heavy atom. The highest BCUT2D eigenvalue weighted by molar-refractivity contribution is 9.10. The van der Waals surface area contributed by atoms with Crippen molar-refractivity contribution in [3.63, 3.8) is 0 Å². The highest BCUT2D eigenvalue weighted by Gasteiger charge is 2.26. The molecule has 13 heavy (non-hydrogen) atoms. The van der Waals surface area contributed by atoms with Gasteiger partial charge in [0.15, 0.2) is 5.78 Å². The van der Waals surface area contributed by atoms with Gasteiger partial charge in [0.1, 0.15) is 0 Å². The fraction of sp³-hybridized carbons (Fsp3) is 0.222. The van der Waals surface area contributed by atoms with Gasteiger partial charge in [0, 0.05) is 16.5 Å². The zero-order valence-corrected chi connectivity index (χ0v) is 9.63. The van der Waals surface area contributed by atoms with Crippen LogP contribution in [0.25, 0.3) is 0 Å². The SMILES string of the molecule is O=C1CCc2c(Br)cc(Cl)c(Cl)c21. The Kier molecular flexibility index (Phi) is 2.39. The number of fused-ring (bicyclic) bond motifs is 1. The first-order valence-electron chi connectivity index (χ1n) is 3.81. The molecule has 2 rings (SSSR count). The third kappa shape index (κ3) is 1.41. The third-order valence-corrected chi connectivity index (χ3v) is 3.65. The molecule has 0 saturated carbocycles. The van der Waals surface area contributed by atoms with Gasteiger partial charge in [0.25, 0.3) is 0 Å². The van der Waals surface area contributed by atoms with Crippen LogP contribution >= 0.6 is 39.1 Å². The Morgan fingerprint density at radius 3 is 2.69 bits per heavy atom. The van der Waals surface area contributed by atoms with E-state index in [0.29, 0.717) is 22.0 Å². The van der Waals surface area contributed by atoms with Gasteiger partial charge in [-0.2, -0.15) is 0 Å². The van der Waals surface area contributed by atoms with Crippen molar-refractivity contribution in [2.75, 3.05) is 0 Å². The number of hydrogen-bond donors (Lipinski definition) is 0. The molecule has 68 valence electrons. The predicted octanol–water partition coefficient (Wildman–Crippen LogP) is 3.88. The van der Waals surface area contributed by atoms with Gasteiger partial charge in [0.2, 0.25) is 0 Å². The average Bonchev–Trinajstić information content (AvgIpc) is 2.44. The van der Waals surface area contributed by atoms with Crippen LogP contribution in [0.15, 0.2) is 10.5 Å². The third-order valence-electron chi connectivity index (χ3n) is 2.15. The highest BCUT2D eigenvalue weighted by atomic mass is 79.9. The van der Waals surface area contributed by atoms with E-state index in [1.807, 2.05) is 0 Å². The number of carbonyl (C=O) groups is 1. The van der Waals surface area contributed by atoms with E-state index in [0.717, 1.165) is 16.5 Å². The molecule has 0 bridgehead atoms. The molecule has 0 radical (unpaired) electrons. The molecule has 0 saturated heterocycles. The van der Waals surface area contributed by atoms with Crippen molar-refractivity contribution in [3.05, 3.63) is 31.7 Å². The smallest absolute Gasteiger partial charge is 0.165 e. The monoisotopic (exact) mass is 278 g/mol. The summed E-state index contributed by atoms with van der Waals surface area (Å²) < 4.78 is 0.878. The van der Waals surface area contributed by atoms with Crippen LogP contribution in [0.3, 0.4) is 0 Å². The van der Waals surface area contributed by atoms with Gasteiger partial charge < -0.3 is 0 Å². The average molecular weight is 280 g/mol. The van der Waals surface area contributed by atoms with Crippen molar-refractivity contribution in [1.29, 1.82) is 0 Å². The molecular weight excluding hydrogens is 275 g/mol. The minimum Gasteiger partial charge on any atom is -0.294 e. The Bertz CT molecular complexity index is 401. The maximum atomic E-state index is 11.4. The molecule has 0 aromatic heterocycles. The summed E-state index contributed by atoms with van der Waals surface area (Å²) in [6.45, 7) is 0. The lowest BCUT2D eigenvalue weighted by atomic mass is 10.1. The fourth-order valence-electron chi connectivity index (χ4n) is 1.53. The van der Waals surface area contributed by atoms with Gasteiger partial charge in [-0.05, 0) is 18.1 Å². The molecule has 1 aromatic rings. The standard InChI is InChI=1S/C9H5BrCl2O/c10-5-3-6(11)9(12)8-4(5)1-2-7(8)13/h3H,1-2H2. The maximum Gasteiger partial charge on any atom is 0.165 e. The summed E-state index contributed by atoms with van der Waals surface area (Å²) in [5, 5.41) is 0.824. The predicted molar refractivity (Wildman–Crippen MR) is 56.8 cm³/mol. The lowest BCUT2D eigenvalue weighted by molar-refractivity contribution is 0.0994. The van der Waals surface area contributed by atoms with Crippen molar-refractivity contribution in [1.82, 2.24) is 0 Å². The van der Waals surface area contributed by atoms with Crippen LogP contribution < -0.4 is 0 Å². The zero-order valence-electron chi connectivity index (χ0n) is 6.53. The van der Waals surface area contributed by atoms with Crippen LogP contribution in [0.4, 0.5) is 0 Å². The summed E-state index contributed by atoms with van der Waals surface area (Å²) in [5.41, 5.74) is 1.58. The van der Waals surface area contributed by atoms with Crippen LogP contribution in [-0.4, -0.2) is 5.78 Å². The molecule has 1 aliphatic carbocycles. The second kappa shape index (κ2) is 3.26. The van der Waals surface area contributed by atoms with E-state index in [9.17, 15) is 4.79 Å². The topological polar surface area (TPSA) is 17.1 Å². The summed E-state index contributed by atoms with van der Waals surface area (Å²) >= 11 is 15.1. The van der Waals surface area contributed by atoms with E-state index in [-0.39, 0.29) is 5.78 Å². The number of ketones is 1. The molecule has 1 nitrogen and oxygen atoms in total. The van der Waals surface area contributed by atoms with Gasteiger partial charge in [0.05, 0.1) is 10.0 Å². The van der Waals surface area contributed by atoms with E-state index < -0.39 is 0 Å². The van der Waals surface area contributed by atoms with Gasteiger partial charge in [-0.1, -0.05) is 39.1 Å². The van der Waals surface area contributed by atoms with Crippen LogP contribution in [0.2, 0.25) is 10.0 Å². The second-order valence-corrected chi connectivity index (χ2v) is 4.57. The molecule has 1 aromatic carbocycles. The number of halogens is 3. The molecule has 1 aliphatic rings. The molecule has 0 aliphatic heterocycles. The van der Waals surface area contributed by atoms with Gasteiger partial charge in [-0.3, -0.25) is 4.79 Å². The summed E-state index contributed by atoms with van der Waals surface area (Å²) in [7, 11) is 0. The number of hydrogen-bond acceptors (Lipinski definition) is 1. The zero-order chi connectivity index (χ0) is 9.59. The van der Waals surface area contributed by atoms with Gasteiger partial charge in [-0.15, -0.1) is 0 Å². The van der Waals surface area contributed by atoms with E-state index in [1.165, 1.54) is 0 Å². The lowest BCUT2D eigenvalue weighted by Gasteiger charge is -2.05. The molecule has 4 heteroatoms. The first-order chi connectivity index (χ1) is 6.11. The van der Waals surface area contributed by atoms with Gasteiger partial charge in [-0.25, -0.2) is 0 Å². The highest BCUT2D eigenvalue weighted by Crippen LogP contribution is 2.38. The summed E-state index contributed by atoms with van der Waals surface area (Å²) in [6.07, 6.45) is 1.29. The van der Waals surface area contributed by atoms with Gasteiger partial charge >= 0.3 is 0 Å². The molecule has 0 spiro atoms. The minimum absolute atomic E-state index is 0.0863. The Morgan fingerprint density at radius 2 is 2.00 bits per heavy atom. The van der Waals surface area contributed by atoms with E-state index in [2.05, 4.69) is 15.9 Å². The maximum absolute atomic E-state index is 11.4. The molecule has 0 N–H and O–H groups in total. The lowest BCUT2D eigenvalue weighted by Crippen LogP contribution is -1.93. The Balaban J connectivity index is 2.77. The summed E-state index contributed by atoms with van der Waals surface area (Å²) in [4.78, 5) is 11.4. The van der Waals surface area contributed by atoms with E-state index >= 15 is 0 Å². The van der Waals surface area contributed by atoms with Crippen molar-refractivity contribution in [3.8, 4) is 0 Å². The molecule has 0 atom stereocenters. The normalized spacial score (nSPS) is 14.8. The quantitative estimate of drug-likeness (QED) is 0.659. The van der Waals surface area contributed by atoms with Crippen LogP contribution in [0.5, 0.6) is 0 Å². The van der Waals surface area contributed by atoms with Crippen molar-refractivity contribution >= 4 is 44.9 Å². The molecule has 0 heterocycles. The van der Waals surface area contributed by atoms with Crippen LogP contribution in [-0.2, 0) is 6.42 Å². The van der Waals surface area contributed by atoms with Crippen LogP contribution in [0, 0.1) is 0 Å². The van der Waals surface area contributed by atoms with E-state index in [1.54, 1.807) is 6.07 Å². The molecular formula is C9H5BrCl2O. The molecule has 0 fully saturated rings. The Hall–Kier alpha value is -0.0500. The largest absolute Gasteiger partial charge is 0.294 e. The first-order valence-corrected chi connectivity index (χ1v) is 5.35. The van der Waals surface area contributed by atoms with Crippen molar-refractivity contribution < 1.29 is 4.79 Å². The Labute approximate surface area is 94.2 Å². The van der Waals surface area contributed by atoms with Crippen LogP contribution in [0.1, 0.15) is 22.3 Å². The number of carbonyl (C=O) groups excluding carboxylic acids is 1. The number of benzene rings is 1. The fourth-order valence-corrected chi connectivity index (χ4v) is 2.77. The molecule has 0 unspecified atom stereocenters. The van der Waals surface area contributed by atoms with Crippen molar-refractivity contribution in [2.45, 2.75) is 12.8 Å². The number of rotatable bonds is 0. The minimum atomic E-state index is 0.0863.